The van der Waals surface area contributed by atoms with E-state index in [0.717, 1.165) is 0 Å². The maximum absolute atomic E-state index is 13.3. The van der Waals surface area contributed by atoms with Crippen molar-refractivity contribution in [1.29, 1.82) is 0 Å². The van der Waals surface area contributed by atoms with E-state index in [1.54, 1.807) is 26.0 Å². The summed E-state index contributed by atoms with van der Waals surface area (Å²) in [5, 5.41) is 4.82. The highest BCUT2D eigenvalue weighted by Crippen LogP contribution is 2.22. The third-order valence-corrected chi connectivity index (χ3v) is 4.38. The van der Waals surface area contributed by atoms with Gasteiger partial charge in [0.2, 0.25) is 11.8 Å². The average molecular weight is 372 g/mol. The monoisotopic (exact) mass is 372 g/mol. The lowest BCUT2D eigenvalue weighted by Gasteiger charge is -2.25. The number of nitrogens with one attached hydrogen (secondary N) is 2. The van der Waals surface area contributed by atoms with Crippen molar-refractivity contribution >= 4 is 23.6 Å². The number of alkyl carbamates (subject to hydrolysis) is 1. The van der Waals surface area contributed by atoms with Crippen LogP contribution in [0.4, 0.5) is 4.79 Å². The molecule has 0 unspecified atom stereocenters. The topological polar surface area (TPSA) is 119 Å². The van der Waals surface area contributed by atoms with Crippen LogP contribution in [0, 0.1) is 6.92 Å². The number of imide groups is 1. The summed E-state index contributed by atoms with van der Waals surface area (Å²) in [5.74, 6) is -0.522. The second kappa shape index (κ2) is 7.56. The zero-order chi connectivity index (χ0) is 19.6. The zero-order valence-electron chi connectivity index (χ0n) is 15.1. The number of allylic oxidation sites excluding steroid dienone is 3. The number of aromatic nitrogens is 2. The lowest BCUT2D eigenvalue weighted by Crippen LogP contribution is -2.46. The third-order valence-electron chi connectivity index (χ3n) is 4.38. The summed E-state index contributed by atoms with van der Waals surface area (Å²) in [4.78, 5) is 53.3. The largest absolute Gasteiger partial charge is 0.450 e. The number of aryl methyl sites for hydroxylation is 1. The van der Waals surface area contributed by atoms with Crippen LogP contribution in [0.3, 0.4) is 0 Å². The van der Waals surface area contributed by atoms with Crippen molar-refractivity contribution in [2.45, 2.75) is 39.2 Å². The van der Waals surface area contributed by atoms with E-state index in [9.17, 15) is 19.2 Å². The Kier molecular flexibility index (Phi) is 5.20. The fourth-order valence-electron chi connectivity index (χ4n) is 3.22. The van der Waals surface area contributed by atoms with Gasteiger partial charge >= 0.3 is 6.09 Å². The van der Waals surface area contributed by atoms with Crippen molar-refractivity contribution in [2.24, 2.45) is 0 Å². The number of amides is 3. The molecule has 1 aromatic rings. The van der Waals surface area contributed by atoms with Gasteiger partial charge in [0.15, 0.2) is 0 Å². The van der Waals surface area contributed by atoms with Gasteiger partial charge in [-0.25, -0.2) is 9.78 Å². The summed E-state index contributed by atoms with van der Waals surface area (Å²) in [5.41, 5.74) is 0.524. The van der Waals surface area contributed by atoms with E-state index >= 15 is 0 Å². The van der Waals surface area contributed by atoms with Crippen LogP contribution in [-0.2, 0) is 20.7 Å². The highest BCUT2D eigenvalue weighted by molar-refractivity contribution is 5.99. The summed E-state index contributed by atoms with van der Waals surface area (Å²) in [6, 6.07) is -0.826. The average Bonchev–Trinajstić information content (AvgIpc) is 2.79. The first-order valence-electron chi connectivity index (χ1n) is 8.69. The molecule has 2 aliphatic rings. The Morgan fingerprint density at radius 2 is 2.19 bits per heavy atom. The Balaban J connectivity index is 2.09. The van der Waals surface area contributed by atoms with E-state index in [1.165, 1.54) is 4.57 Å². The fourth-order valence-corrected chi connectivity index (χ4v) is 3.22. The van der Waals surface area contributed by atoms with Crippen LogP contribution in [0.2, 0.25) is 0 Å². The number of piperidine rings is 1. The summed E-state index contributed by atoms with van der Waals surface area (Å²) >= 11 is 0. The van der Waals surface area contributed by atoms with E-state index < -0.39 is 23.6 Å². The normalized spacial score (nSPS) is 18.9. The molecule has 1 aliphatic heterocycles. The summed E-state index contributed by atoms with van der Waals surface area (Å²) in [6.07, 6.45) is 5.22. The smallest absolute Gasteiger partial charge is 0.411 e. The summed E-state index contributed by atoms with van der Waals surface area (Å²) in [7, 11) is 0. The van der Waals surface area contributed by atoms with E-state index in [2.05, 4.69) is 15.6 Å². The SMILES string of the molecule is CCOC(=O)NC1=CC=CCc2nc(C)n([C@@H]3CCC(=O)NC3=O)c(=O)c21. The van der Waals surface area contributed by atoms with Crippen LogP contribution < -0.4 is 16.2 Å². The molecule has 0 spiro atoms. The number of hydrogen-bond donors (Lipinski definition) is 2. The highest BCUT2D eigenvalue weighted by Gasteiger charge is 2.32. The van der Waals surface area contributed by atoms with Crippen LogP contribution in [0.25, 0.3) is 5.70 Å². The first-order valence-corrected chi connectivity index (χ1v) is 8.69. The predicted octanol–water partition coefficient (Wildman–Crippen LogP) is 0.729. The van der Waals surface area contributed by atoms with Gasteiger partial charge in [-0.2, -0.15) is 0 Å². The molecule has 3 rings (SSSR count). The Hall–Kier alpha value is -3.23. The molecule has 1 atom stereocenters. The quantitative estimate of drug-likeness (QED) is 0.755. The molecular formula is C18H20N4O5. The molecule has 0 saturated carbocycles. The molecule has 9 heteroatoms. The van der Waals surface area contributed by atoms with Gasteiger partial charge in [0.25, 0.3) is 5.56 Å². The Morgan fingerprint density at radius 1 is 1.41 bits per heavy atom. The Morgan fingerprint density at radius 3 is 2.89 bits per heavy atom. The van der Waals surface area contributed by atoms with Crippen LogP contribution in [0.5, 0.6) is 0 Å². The predicted molar refractivity (Wildman–Crippen MR) is 95.6 cm³/mol. The molecule has 9 nitrogen and oxygen atoms in total. The number of hydrogen-bond acceptors (Lipinski definition) is 6. The van der Waals surface area contributed by atoms with Gasteiger partial charge in [-0.3, -0.25) is 29.6 Å². The highest BCUT2D eigenvalue weighted by atomic mass is 16.5. The standard InChI is InChI=1S/C18H20N4O5/c1-3-27-18(26)20-12-7-5-4-6-11-15(12)17(25)22(10(2)19-11)13-8-9-14(23)21-16(13)24/h4-5,7,13H,3,6,8-9H2,1-2H3,(H,20,26)(H,21,23,24)/t13-/m1/s1. The van der Waals surface area contributed by atoms with E-state index in [1.807, 2.05) is 6.08 Å². The molecular weight excluding hydrogens is 352 g/mol. The molecule has 3 amide bonds. The lowest BCUT2D eigenvalue weighted by atomic mass is 10.0. The first kappa shape index (κ1) is 18.6. The maximum atomic E-state index is 13.3. The van der Waals surface area contributed by atoms with E-state index in [4.69, 9.17) is 4.74 Å². The van der Waals surface area contributed by atoms with Gasteiger partial charge in [0, 0.05) is 12.8 Å². The van der Waals surface area contributed by atoms with Crippen LogP contribution in [0.1, 0.15) is 42.9 Å². The third kappa shape index (κ3) is 3.67. The number of rotatable bonds is 3. The second-order valence-corrected chi connectivity index (χ2v) is 6.18. The number of nitrogens with zero attached hydrogens (tertiary/aromatic N) is 2. The van der Waals surface area contributed by atoms with Crippen molar-refractivity contribution in [3.63, 3.8) is 0 Å². The minimum Gasteiger partial charge on any atom is -0.450 e. The van der Waals surface area contributed by atoms with Gasteiger partial charge in [-0.15, -0.1) is 0 Å². The maximum Gasteiger partial charge on any atom is 0.411 e. The molecule has 0 bridgehead atoms. The molecule has 0 radical (unpaired) electrons. The van der Waals surface area contributed by atoms with E-state index in [-0.39, 0.29) is 36.6 Å². The zero-order valence-corrected chi connectivity index (χ0v) is 15.1. The number of carbonyl (C=O) groups excluding carboxylic acids is 3. The van der Waals surface area contributed by atoms with Gasteiger partial charge in [-0.05, 0) is 26.3 Å². The number of ether oxygens (including phenoxy) is 1. The number of carbonyl (C=O) groups is 3. The molecule has 2 heterocycles. The summed E-state index contributed by atoms with van der Waals surface area (Å²) in [6.45, 7) is 3.51. The van der Waals surface area contributed by atoms with Crippen molar-refractivity contribution in [3.8, 4) is 0 Å². The lowest BCUT2D eigenvalue weighted by molar-refractivity contribution is -0.135. The fraction of sp³-hybridized carbons (Fsp3) is 0.389. The molecule has 0 aromatic carbocycles. The van der Waals surface area contributed by atoms with E-state index in [0.29, 0.717) is 17.9 Å². The molecule has 2 N–H and O–H groups in total. The molecule has 142 valence electrons. The molecule has 27 heavy (non-hydrogen) atoms. The Bertz CT molecular complexity index is 928. The van der Waals surface area contributed by atoms with Crippen molar-refractivity contribution < 1.29 is 19.1 Å². The van der Waals surface area contributed by atoms with Gasteiger partial charge in [0.1, 0.15) is 11.9 Å². The molecule has 1 saturated heterocycles. The molecule has 1 aromatic heterocycles. The van der Waals surface area contributed by atoms with Gasteiger partial charge in [-0.1, -0.05) is 12.2 Å². The van der Waals surface area contributed by atoms with Gasteiger partial charge in [0.05, 0.1) is 23.6 Å². The van der Waals surface area contributed by atoms with Crippen LogP contribution in [-0.4, -0.2) is 34.1 Å². The van der Waals surface area contributed by atoms with Crippen molar-refractivity contribution in [1.82, 2.24) is 20.2 Å². The Labute approximate surface area is 155 Å². The second-order valence-electron chi connectivity index (χ2n) is 6.18. The minimum atomic E-state index is -0.826. The minimum absolute atomic E-state index is 0.144. The first-order chi connectivity index (χ1) is 12.9. The van der Waals surface area contributed by atoms with Crippen LogP contribution in [0.15, 0.2) is 23.0 Å². The molecule has 1 fully saturated rings. The number of fused-ring (bicyclic) bond motifs is 1. The van der Waals surface area contributed by atoms with Crippen LogP contribution >= 0.6 is 0 Å². The summed E-state index contributed by atoms with van der Waals surface area (Å²) < 4.78 is 6.18. The van der Waals surface area contributed by atoms with Crippen molar-refractivity contribution in [3.05, 3.63) is 45.7 Å². The van der Waals surface area contributed by atoms with Crippen molar-refractivity contribution in [2.75, 3.05) is 6.61 Å². The van der Waals surface area contributed by atoms with Gasteiger partial charge < -0.3 is 4.74 Å². The molecule has 1 aliphatic carbocycles.